The van der Waals surface area contributed by atoms with E-state index in [1.54, 1.807) is 42.5 Å². The van der Waals surface area contributed by atoms with E-state index in [0.717, 1.165) is 0 Å². The Morgan fingerprint density at radius 3 is 1.89 bits per heavy atom. The topological polar surface area (TPSA) is 18.5 Å². The van der Waals surface area contributed by atoms with Crippen molar-refractivity contribution in [2.75, 3.05) is 13.2 Å². The number of halogens is 4. The minimum atomic E-state index is -1.01. The van der Waals surface area contributed by atoms with Gasteiger partial charge in [-0.2, -0.15) is 4.39 Å². The van der Waals surface area contributed by atoms with Crippen LogP contribution in [0.25, 0.3) is 11.1 Å². The van der Waals surface area contributed by atoms with Crippen LogP contribution in [0.1, 0.15) is 55.6 Å². The molecule has 0 unspecified atom stereocenters. The van der Waals surface area contributed by atoms with Gasteiger partial charge in [0.2, 0.25) is 5.82 Å². The first-order chi connectivity index (χ1) is 16.9. The number of rotatable bonds is 8. The van der Waals surface area contributed by atoms with Gasteiger partial charge in [0, 0.05) is 5.56 Å². The Hall–Kier alpha value is -3.28. The molecule has 1 aliphatic rings. The number of benzene rings is 3. The van der Waals surface area contributed by atoms with Crippen LogP contribution in [0.2, 0.25) is 0 Å². The summed E-state index contributed by atoms with van der Waals surface area (Å²) in [4.78, 5) is 0. The molecule has 0 radical (unpaired) electrons. The molecular formula is C29H28F4O2. The van der Waals surface area contributed by atoms with Crippen molar-refractivity contribution < 1.29 is 27.0 Å². The Morgan fingerprint density at radius 1 is 0.743 bits per heavy atom. The lowest BCUT2D eigenvalue weighted by Gasteiger charge is -2.30. The smallest absolute Gasteiger partial charge is 0.200 e. The lowest BCUT2D eigenvalue weighted by molar-refractivity contribution is 0.327. The van der Waals surface area contributed by atoms with Gasteiger partial charge in [-0.1, -0.05) is 43.0 Å². The van der Waals surface area contributed by atoms with Crippen LogP contribution in [-0.4, -0.2) is 13.2 Å². The first-order valence-corrected chi connectivity index (χ1v) is 11.9. The second-order valence-corrected chi connectivity index (χ2v) is 8.72. The molecule has 0 aliphatic heterocycles. The molecule has 6 heteroatoms. The van der Waals surface area contributed by atoms with E-state index in [4.69, 9.17) is 9.47 Å². The van der Waals surface area contributed by atoms with Gasteiger partial charge in [0.05, 0.1) is 6.61 Å². The highest BCUT2D eigenvalue weighted by Gasteiger charge is 2.29. The average molecular weight is 485 g/mol. The molecule has 35 heavy (non-hydrogen) atoms. The predicted octanol–water partition coefficient (Wildman–Crippen LogP) is 8.31. The van der Waals surface area contributed by atoms with E-state index in [0.29, 0.717) is 54.7 Å². The van der Waals surface area contributed by atoms with Crippen LogP contribution >= 0.6 is 0 Å². The lowest BCUT2D eigenvalue weighted by Crippen LogP contribution is -2.15. The average Bonchev–Trinajstić information content (AvgIpc) is 2.88. The summed E-state index contributed by atoms with van der Waals surface area (Å²) in [5.41, 5.74) is 1.39. The maximum Gasteiger partial charge on any atom is 0.200 e. The Balaban J connectivity index is 1.47. The third-order valence-electron chi connectivity index (χ3n) is 6.63. The van der Waals surface area contributed by atoms with Crippen molar-refractivity contribution in [1.82, 2.24) is 0 Å². The third-order valence-corrected chi connectivity index (χ3v) is 6.63. The maximum atomic E-state index is 15.1. The van der Waals surface area contributed by atoms with E-state index in [9.17, 15) is 8.78 Å². The van der Waals surface area contributed by atoms with Crippen molar-refractivity contribution in [3.05, 3.63) is 95.6 Å². The van der Waals surface area contributed by atoms with Crippen molar-refractivity contribution in [2.45, 2.75) is 44.4 Å². The van der Waals surface area contributed by atoms with Crippen molar-refractivity contribution >= 4 is 0 Å². The molecule has 3 aromatic carbocycles. The first kappa shape index (κ1) is 24.8. The summed E-state index contributed by atoms with van der Waals surface area (Å²) in [6.45, 7) is 5.98. The highest BCUT2D eigenvalue weighted by Crippen LogP contribution is 2.43. The summed E-state index contributed by atoms with van der Waals surface area (Å²) in [5.74, 6) is -3.50. The number of hydrogen-bond acceptors (Lipinski definition) is 2. The minimum absolute atomic E-state index is 0.0836. The van der Waals surface area contributed by atoms with Crippen LogP contribution in [-0.2, 0) is 0 Å². The highest BCUT2D eigenvalue weighted by atomic mass is 19.2. The van der Waals surface area contributed by atoms with Crippen LogP contribution in [0.3, 0.4) is 0 Å². The molecule has 0 atom stereocenters. The second kappa shape index (κ2) is 11.0. The molecule has 1 saturated carbocycles. The van der Waals surface area contributed by atoms with Crippen LogP contribution in [0.15, 0.2) is 61.2 Å². The Morgan fingerprint density at radius 2 is 1.31 bits per heavy atom. The van der Waals surface area contributed by atoms with Crippen molar-refractivity contribution in [1.29, 1.82) is 0 Å². The van der Waals surface area contributed by atoms with Crippen molar-refractivity contribution in [3.63, 3.8) is 0 Å². The van der Waals surface area contributed by atoms with Crippen LogP contribution < -0.4 is 9.47 Å². The largest absolute Gasteiger partial charge is 0.494 e. The SMILES string of the molecule is C=CCOc1ccc(C2CCC(c3ccc(-c4ccc(OCC)cc4)c(F)c3F)CC2)c(F)c1F. The van der Waals surface area contributed by atoms with E-state index in [1.165, 1.54) is 12.1 Å². The molecule has 0 heterocycles. The fraction of sp³-hybridized carbons (Fsp3) is 0.310. The maximum absolute atomic E-state index is 15.1. The monoisotopic (exact) mass is 484 g/mol. The van der Waals surface area contributed by atoms with Gasteiger partial charge in [0.15, 0.2) is 23.2 Å². The van der Waals surface area contributed by atoms with Crippen LogP contribution in [0.4, 0.5) is 17.6 Å². The molecule has 3 aromatic rings. The minimum Gasteiger partial charge on any atom is -0.494 e. The highest BCUT2D eigenvalue weighted by molar-refractivity contribution is 5.65. The Kier molecular flexibility index (Phi) is 7.79. The molecule has 1 fully saturated rings. The summed E-state index contributed by atoms with van der Waals surface area (Å²) in [7, 11) is 0. The van der Waals surface area contributed by atoms with E-state index in [-0.39, 0.29) is 29.8 Å². The zero-order valence-electron chi connectivity index (χ0n) is 19.6. The fourth-order valence-corrected chi connectivity index (χ4v) is 4.84. The van der Waals surface area contributed by atoms with Crippen LogP contribution in [0.5, 0.6) is 11.5 Å². The Labute approximate surface area is 203 Å². The van der Waals surface area contributed by atoms with Gasteiger partial charge in [-0.3, -0.25) is 0 Å². The summed E-state index contributed by atoms with van der Waals surface area (Å²) < 4.78 is 69.7. The first-order valence-electron chi connectivity index (χ1n) is 11.9. The van der Waals surface area contributed by atoms with Gasteiger partial charge in [0.25, 0.3) is 0 Å². The van der Waals surface area contributed by atoms with Crippen molar-refractivity contribution in [2.24, 2.45) is 0 Å². The standard InChI is InChI=1S/C29H28F4O2/c1-3-17-35-25-16-15-24(28(32)29(25)33)19-7-5-18(6-8-19)22-13-14-23(27(31)26(22)30)20-9-11-21(12-10-20)34-4-2/h3,9-16,18-19H,1,4-8,17H2,2H3. The molecule has 1 aliphatic carbocycles. The molecule has 2 nitrogen and oxygen atoms in total. The summed E-state index contributed by atoms with van der Waals surface area (Å²) >= 11 is 0. The predicted molar refractivity (Wildman–Crippen MR) is 129 cm³/mol. The van der Waals surface area contributed by atoms with Gasteiger partial charge in [-0.25, -0.2) is 13.2 Å². The molecule has 4 rings (SSSR count). The van der Waals surface area contributed by atoms with Gasteiger partial charge in [-0.15, -0.1) is 0 Å². The summed E-state index contributed by atoms with van der Waals surface area (Å²) in [6, 6.07) is 13.1. The Bertz CT molecular complexity index is 1180. The normalized spacial score (nSPS) is 17.7. The summed E-state index contributed by atoms with van der Waals surface area (Å²) in [6.07, 6.45) is 3.67. The number of hydrogen-bond donors (Lipinski definition) is 0. The zero-order chi connectivity index (χ0) is 24.9. The van der Waals surface area contributed by atoms with Crippen LogP contribution in [0, 0.1) is 23.3 Å². The third kappa shape index (κ3) is 5.21. The zero-order valence-corrected chi connectivity index (χ0v) is 19.6. The fourth-order valence-electron chi connectivity index (χ4n) is 4.84. The summed E-state index contributed by atoms with van der Waals surface area (Å²) in [5, 5.41) is 0. The quantitative estimate of drug-likeness (QED) is 0.236. The molecule has 184 valence electrons. The molecule has 0 amide bonds. The van der Waals surface area contributed by atoms with Crippen molar-refractivity contribution in [3.8, 4) is 22.6 Å². The van der Waals surface area contributed by atoms with E-state index in [2.05, 4.69) is 6.58 Å². The molecule has 0 bridgehead atoms. The molecule has 0 N–H and O–H groups in total. The molecule has 0 saturated heterocycles. The second-order valence-electron chi connectivity index (χ2n) is 8.72. The molecular weight excluding hydrogens is 456 g/mol. The van der Waals surface area contributed by atoms with Gasteiger partial charge < -0.3 is 9.47 Å². The van der Waals surface area contributed by atoms with E-state index in [1.807, 2.05) is 6.92 Å². The van der Waals surface area contributed by atoms with E-state index >= 15 is 8.78 Å². The lowest BCUT2D eigenvalue weighted by atomic mass is 9.75. The molecule has 0 spiro atoms. The molecule has 0 aromatic heterocycles. The van der Waals surface area contributed by atoms with Gasteiger partial charge in [0.1, 0.15) is 12.4 Å². The van der Waals surface area contributed by atoms with E-state index < -0.39 is 23.3 Å². The van der Waals surface area contributed by atoms with Gasteiger partial charge in [-0.05, 0) is 79.3 Å². The number of ether oxygens (including phenoxy) is 2. The van der Waals surface area contributed by atoms with Gasteiger partial charge >= 0.3 is 0 Å².